The Morgan fingerprint density at radius 1 is 1.17 bits per heavy atom. The van der Waals surface area contributed by atoms with Gasteiger partial charge in [-0.2, -0.15) is 0 Å². The van der Waals surface area contributed by atoms with E-state index in [0.29, 0.717) is 31.2 Å². The fraction of sp³-hybridized carbons (Fsp3) is 0.944. The molecule has 0 aromatic rings. The summed E-state index contributed by atoms with van der Waals surface area (Å²) in [6.07, 6.45) is 3.89. The van der Waals surface area contributed by atoms with E-state index >= 15 is 0 Å². The minimum Gasteiger partial charge on any atom is -0.444 e. The molecule has 138 valence electrons. The van der Waals surface area contributed by atoms with Crippen molar-refractivity contribution in [2.24, 2.45) is 5.92 Å². The molecule has 0 radical (unpaired) electrons. The topological polar surface area (TPSA) is 59.6 Å². The SMILES string of the molecule is CCC(CC)C(C)NC(CCCNC(=O)OC(C)(C)C)COC. The smallest absolute Gasteiger partial charge is 0.407 e. The monoisotopic (exact) mass is 330 g/mol. The second-order valence-corrected chi connectivity index (χ2v) is 7.26. The normalized spacial score (nSPS) is 14.6. The maximum Gasteiger partial charge on any atom is 0.407 e. The van der Waals surface area contributed by atoms with E-state index in [-0.39, 0.29) is 6.09 Å². The van der Waals surface area contributed by atoms with Gasteiger partial charge in [0.05, 0.1) is 6.61 Å². The number of ether oxygens (including phenoxy) is 2. The number of methoxy groups -OCH3 is 1. The van der Waals surface area contributed by atoms with Gasteiger partial charge in [0.2, 0.25) is 0 Å². The fourth-order valence-corrected chi connectivity index (χ4v) is 2.77. The van der Waals surface area contributed by atoms with Gasteiger partial charge in [0, 0.05) is 25.7 Å². The standard InChI is InChI=1S/C18H38N2O3/c1-8-15(9-2)14(3)20-16(13-22-7)11-10-12-19-17(21)23-18(4,5)6/h14-16,20H,8-13H2,1-7H3,(H,19,21). The van der Waals surface area contributed by atoms with Crippen molar-refractivity contribution in [1.82, 2.24) is 10.6 Å². The molecule has 0 saturated carbocycles. The van der Waals surface area contributed by atoms with Crippen LogP contribution in [0, 0.1) is 5.92 Å². The van der Waals surface area contributed by atoms with E-state index in [2.05, 4.69) is 31.4 Å². The summed E-state index contributed by atoms with van der Waals surface area (Å²) in [6.45, 7) is 13.6. The highest BCUT2D eigenvalue weighted by Crippen LogP contribution is 2.14. The second kappa shape index (κ2) is 11.7. The molecular formula is C18H38N2O3. The average molecular weight is 331 g/mol. The Balaban J connectivity index is 4.12. The molecule has 2 unspecified atom stereocenters. The first kappa shape index (κ1) is 22.2. The van der Waals surface area contributed by atoms with E-state index in [1.165, 1.54) is 12.8 Å². The molecule has 0 saturated heterocycles. The Bertz CT molecular complexity index is 312. The molecule has 0 aliphatic heterocycles. The van der Waals surface area contributed by atoms with Crippen LogP contribution < -0.4 is 10.6 Å². The number of carbonyl (C=O) groups is 1. The fourth-order valence-electron chi connectivity index (χ4n) is 2.77. The molecule has 0 aromatic heterocycles. The van der Waals surface area contributed by atoms with Crippen LogP contribution in [0.3, 0.4) is 0 Å². The van der Waals surface area contributed by atoms with Crippen molar-refractivity contribution in [2.75, 3.05) is 20.3 Å². The van der Waals surface area contributed by atoms with Crippen LogP contribution in [0.5, 0.6) is 0 Å². The highest BCUT2D eigenvalue weighted by atomic mass is 16.6. The second-order valence-electron chi connectivity index (χ2n) is 7.26. The highest BCUT2D eigenvalue weighted by Gasteiger charge is 2.18. The predicted octanol–water partition coefficient (Wildman–Crippen LogP) is 3.72. The molecule has 5 heteroatoms. The van der Waals surface area contributed by atoms with E-state index in [0.717, 1.165) is 12.8 Å². The Kier molecular flexibility index (Phi) is 11.3. The van der Waals surface area contributed by atoms with Crippen molar-refractivity contribution in [1.29, 1.82) is 0 Å². The molecule has 5 nitrogen and oxygen atoms in total. The number of nitrogens with one attached hydrogen (secondary N) is 2. The minimum absolute atomic E-state index is 0.316. The van der Waals surface area contributed by atoms with Gasteiger partial charge in [-0.25, -0.2) is 4.79 Å². The first-order valence-electron chi connectivity index (χ1n) is 8.95. The molecular weight excluding hydrogens is 292 g/mol. The van der Waals surface area contributed by atoms with Gasteiger partial charge in [-0.05, 0) is 46.5 Å². The van der Waals surface area contributed by atoms with Crippen molar-refractivity contribution in [2.45, 2.75) is 84.9 Å². The first-order chi connectivity index (χ1) is 10.7. The third-order valence-electron chi connectivity index (χ3n) is 4.02. The van der Waals surface area contributed by atoms with Crippen molar-refractivity contribution in [3.05, 3.63) is 0 Å². The largest absolute Gasteiger partial charge is 0.444 e. The van der Waals surface area contributed by atoms with Crippen LogP contribution in [-0.4, -0.2) is 44.0 Å². The molecule has 0 spiro atoms. The number of amides is 1. The zero-order valence-corrected chi connectivity index (χ0v) is 16.2. The average Bonchev–Trinajstić information content (AvgIpc) is 2.43. The molecule has 23 heavy (non-hydrogen) atoms. The molecule has 0 bridgehead atoms. The zero-order chi connectivity index (χ0) is 17.9. The summed E-state index contributed by atoms with van der Waals surface area (Å²) >= 11 is 0. The molecule has 2 N–H and O–H groups in total. The highest BCUT2D eigenvalue weighted by molar-refractivity contribution is 5.67. The molecule has 0 aliphatic carbocycles. The van der Waals surface area contributed by atoms with Gasteiger partial charge in [-0.15, -0.1) is 0 Å². The summed E-state index contributed by atoms with van der Waals surface area (Å²) in [6, 6.07) is 0.792. The van der Waals surface area contributed by atoms with Gasteiger partial charge in [-0.3, -0.25) is 0 Å². The Labute approximate surface area is 142 Å². The molecule has 0 aromatic carbocycles. The van der Waals surface area contributed by atoms with E-state index in [1.807, 2.05) is 20.8 Å². The quantitative estimate of drug-likeness (QED) is 0.567. The van der Waals surface area contributed by atoms with E-state index in [4.69, 9.17) is 9.47 Å². The van der Waals surface area contributed by atoms with Gasteiger partial charge in [0.15, 0.2) is 0 Å². The number of hydrogen-bond acceptors (Lipinski definition) is 4. The number of alkyl carbamates (subject to hydrolysis) is 1. The van der Waals surface area contributed by atoms with Gasteiger partial charge < -0.3 is 20.1 Å². The lowest BCUT2D eigenvalue weighted by Gasteiger charge is -2.28. The van der Waals surface area contributed by atoms with E-state index < -0.39 is 5.60 Å². The molecule has 1 amide bonds. The summed E-state index contributed by atoms with van der Waals surface area (Å²) in [7, 11) is 1.73. The van der Waals surface area contributed by atoms with Crippen molar-refractivity contribution in [3.63, 3.8) is 0 Å². The van der Waals surface area contributed by atoms with Crippen molar-refractivity contribution in [3.8, 4) is 0 Å². The molecule has 0 rings (SSSR count). The van der Waals surface area contributed by atoms with Gasteiger partial charge in [0.1, 0.15) is 5.60 Å². The lowest BCUT2D eigenvalue weighted by Crippen LogP contribution is -2.43. The third kappa shape index (κ3) is 11.4. The van der Waals surface area contributed by atoms with Crippen LogP contribution in [-0.2, 0) is 9.47 Å². The summed E-state index contributed by atoms with van der Waals surface area (Å²) in [5.41, 5.74) is -0.449. The molecule has 2 atom stereocenters. The van der Waals surface area contributed by atoms with Crippen LogP contribution in [0.4, 0.5) is 4.79 Å². The minimum atomic E-state index is -0.449. The lowest BCUT2D eigenvalue weighted by atomic mass is 9.94. The van der Waals surface area contributed by atoms with Gasteiger partial charge >= 0.3 is 6.09 Å². The summed E-state index contributed by atoms with van der Waals surface area (Å²) in [4.78, 5) is 11.6. The predicted molar refractivity (Wildman–Crippen MR) is 95.8 cm³/mol. The van der Waals surface area contributed by atoms with Crippen molar-refractivity contribution >= 4 is 6.09 Å². The molecule has 0 fully saturated rings. The number of carbonyl (C=O) groups excluding carboxylic acids is 1. The van der Waals surface area contributed by atoms with Crippen molar-refractivity contribution < 1.29 is 14.3 Å². The summed E-state index contributed by atoms with van der Waals surface area (Å²) in [5.74, 6) is 0.689. The summed E-state index contributed by atoms with van der Waals surface area (Å²) in [5, 5.41) is 6.48. The van der Waals surface area contributed by atoms with Crippen LogP contribution in [0.1, 0.15) is 67.2 Å². The maximum atomic E-state index is 11.6. The Morgan fingerprint density at radius 2 is 1.78 bits per heavy atom. The van der Waals surface area contributed by atoms with Crippen LogP contribution in [0.25, 0.3) is 0 Å². The van der Waals surface area contributed by atoms with Gasteiger partial charge in [0.25, 0.3) is 0 Å². The molecule has 0 aliphatic rings. The lowest BCUT2D eigenvalue weighted by molar-refractivity contribution is 0.0525. The summed E-state index contributed by atoms with van der Waals surface area (Å²) < 4.78 is 10.5. The third-order valence-corrected chi connectivity index (χ3v) is 4.02. The Morgan fingerprint density at radius 3 is 2.26 bits per heavy atom. The van der Waals surface area contributed by atoms with Crippen LogP contribution >= 0.6 is 0 Å². The molecule has 0 heterocycles. The van der Waals surface area contributed by atoms with Crippen LogP contribution in [0.2, 0.25) is 0 Å². The van der Waals surface area contributed by atoms with E-state index in [1.54, 1.807) is 7.11 Å². The Hall–Kier alpha value is -0.810. The maximum absolute atomic E-state index is 11.6. The number of rotatable bonds is 11. The van der Waals surface area contributed by atoms with E-state index in [9.17, 15) is 4.79 Å². The zero-order valence-electron chi connectivity index (χ0n) is 16.2. The number of hydrogen-bond donors (Lipinski definition) is 2. The first-order valence-corrected chi connectivity index (χ1v) is 8.95. The van der Waals surface area contributed by atoms with Crippen LogP contribution in [0.15, 0.2) is 0 Å². The van der Waals surface area contributed by atoms with Gasteiger partial charge in [-0.1, -0.05) is 26.7 Å².